The SMILES string of the molecule is CCOc1cccc(N2CCC(N3CCCCC3=O)CC2)c1[N+](=O)[O-]. The highest BCUT2D eigenvalue weighted by Crippen LogP contribution is 2.38. The number of nitro benzene ring substituents is 1. The zero-order chi connectivity index (χ0) is 17.8. The number of hydrogen-bond acceptors (Lipinski definition) is 5. The molecule has 7 heteroatoms. The minimum Gasteiger partial charge on any atom is -0.487 e. The largest absolute Gasteiger partial charge is 0.487 e. The average molecular weight is 347 g/mol. The van der Waals surface area contributed by atoms with Gasteiger partial charge in [-0.1, -0.05) is 6.07 Å². The third kappa shape index (κ3) is 3.70. The normalized spacial score (nSPS) is 19.2. The van der Waals surface area contributed by atoms with E-state index in [4.69, 9.17) is 4.74 Å². The Kier molecular flexibility index (Phi) is 5.40. The fraction of sp³-hybridized carbons (Fsp3) is 0.611. The number of amides is 1. The van der Waals surface area contributed by atoms with E-state index in [0.717, 1.165) is 32.2 Å². The summed E-state index contributed by atoms with van der Waals surface area (Å²) >= 11 is 0. The molecule has 1 amide bonds. The van der Waals surface area contributed by atoms with E-state index in [9.17, 15) is 14.9 Å². The number of carbonyl (C=O) groups excluding carboxylic acids is 1. The summed E-state index contributed by atoms with van der Waals surface area (Å²) in [6.07, 6.45) is 4.42. The molecule has 0 saturated carbocycles. The van der Waals surface area contributed by atoms with E-state index in [1.807, 2.05) is 16.7 Å². The van der Waals surface area contributed by atoms with Gasteiger partial charge in [0.15, 0.2) is 5.75 Å². The molecule has 3 rings (SSSR count). The molecule has 0 bridgehead atoms. The number of benzene rings is 1. The molecule has 25 heavy (non-hydrogen) atoms. The third-order valence-electron chi connectivity index (χ3n) is 5.07. The number of nitrogens with zero attached hydrogens (tertiary/aromatic N) is 3. The standard InChI is InChI=1S/C18H25N3O4/c1-2-25-16-7-5-6-15(18(16)21(23)24)19-12-9-14(10-13-19)20-11-4-3-8-17(20)22/h5-7,14H,2-4,8-13H2,1H3. The lowest BCUT2D eigenvalue weighted by Crippen LogP contribution is -2.49. The monoisotopic (exact) mass is 347 g/mol. The summed E-state index contributed by atoms with van der Waals surface area (Å²) in [6.45, 7) is 4.49. The number of nitro groups is 1. The highest BCUT2D eigenvalue weighted by molar-refractivity contribution is 5.77. The van der Waals surface area contributed by atoms with Crippen LogP contribution in [0.15, 0.2) is 18.2 Å². The van der Waals surface area contributed by atoms with Gasteiger partial charge in [0.2, 0.25) is 5.91 Å². The van der Waals surface area contributed by atoms with E-state index in [1.54, 1.807) is 18.2 Å². The molecule has 0 radical (unpaired) electrons. The van der Waals surface area contributed by atoms with Crippen molar-refractivity contribution in [1.29, 1.82) is 0 Å². The van der Waals surface area contributed by atoms with Crippen LogP contribution < -0.4 is 9.64 Å². The van der Waals surface area contributed by atoms with Gasteiger partial charge >= 0.3 is 5.69 Å². The fourth-order valence-electron chi connectivity index (χ4n) is 3.85. The van der Waals surface area contributed by atoms with Crippen molar-refractivity contribution in [1.82, 2.24) is 4.90 Å². The zero-order valence-electron chi connectivity index (χ0n) is 14.6. The summed E-state index contributed by atoms with van der Waals surface area (Å²) in [4.78, 5) is 27.4. The second-order valence-corrected chi connectivity index (χ2v) is 6.58. The van der Waals surface area contributed by atoms with Crippen LogP contribution in [0, 0.1) is 10.1 Å². The molecule has 2 heterocycles. The maximum absolute atomic E-state index is 12.1. The van der Waals surface area contributed by atoms with Gasteiger partial charge in [0.05, 0.1) is 11.5 Å². The smallest absolute Gasteiger partial charge is 0.333 e. The number of para-hydroxylation sites is 1. The van der Waals surface area contributed by atoms with Gasteiger partial charge < -0.3 is 14.5 Å². The van der Waals surface area contributed by atoms with E-state index >= 15 is 0 Å². The van der Waals surface area contributed by atoms with E-state index < -0.39 is 0 Å². The first kappa shape index (κ1) is 17.5. The first-order valence-corrected chi connectivity index (χ1v) is 9.06. The second kappa shape index (κ2) is 7.72. The Labute approximate surface area is 147 Å². The Morgan fingerprint density at radius 3 is 2.64 bits per heavy atom. The van der Waals surface area contributed by atoms with Crippen LogP contribution >= 0.6 is 0 Å². The van der Waals surface area contributed by atoms with E-state index in [2.05, 4.69) is 0 Å². The van der Waals surface area contributed by atoms with E-state index in [-0.39, 0.29) is 22.6 Å². The van der Waals surface area contributed by atoms with E-state index in [1.165, 1.54) is 0 Å². The number of carbonyl (C=O) groups is 1. The molecule has 2 aliphatic heterocycles. The Bertz CT molecular complexity index is 641. The average Bonchev–Trinajstić information content (AvgIpc) is 2.62. The molecule has 7 nitrogen and oxygen atoms in total. The van der Waals surface area contributed by atoms with Crippen LogP contribution in [-0.4, -0.2) is 48.0 Å². The van der Waals surface area contributed by atoms with Gasteiger partial charge in [0, 0.05) is 32.1 Å². The highest BCUT2D eigenvalue weighted by atomic mass is 16.6. The van der Waals surface area contributed by atoms with Gasteiger partial charge in [-0.15, -0.1) is 0 Å². The van der Waals surface area contributed by atoms with Crippen LogP contribution in [0.1, 0.15) is 39.0 Å². The maximum atomic E-state index is 12.1. The lowest BCUT2D eigenvalue weighted by Gasteiger charge is -2.40. The van der Waals surface area contributed by atoms with Gasteiger partial charge in [-0.25, -0.2) is 0 Å². The molecule has 0 N–H and O–H groups in total. The van der Waals surface area contributed by atoms with Crippen LogP contribution in [0.2, 0.25) is 0 Å². The van der Waals surface area contributed by atoms with Crippen molar-refractivity contribution in [2.75, 3.05) is 31.1 Å². The van der Waals surface area contributed by atoms with Gasteiger partial charge in [0.25, 0.3) is 0 Å². The van der Waals surface area contributed by atoms with Crippen LogP contribution in [0.25, 0.3) is 0 Å². The molecule has 0 aromatic heterocycles. The lowest BCUT2D eigenvalue weighted by atomic mass is 9.99. The quantitative estimate of drug-likeness (QED) is 0.604. The van der Waals surface area contributed by atoms with Crippen LogP contribution in [0.3, 0.4) is 0 Å². The van der Waals surface area contributed by atoms with Crippen molar-refractivity contribution in [3.63, 3.8) is 0 Å². The molecule has 0 atom stereocenters. The molecule has 0 spiro atoms. The maximum Gasteiger partial charge on any atom is 0.333 e. The molecule has 0 unspecified atom stereocenters. The van der Waals surface area contributed by atoms with Gasteiger partial charge in [-0.2, -0.15) is 0 Å². The Morgan fingerprint density at radius 2 is 2.00 bits per heavy atom. The fourth-order valence-corrected chi connectivity index (χ4v) is 3.85. The zero-order valence-corrected chi connectivity index (χ0v) is 14.6. The summed E-state index contributed by atoms with van der Waals surface area (Å²) < 4.78 is 5.44. The molecule has 0 aliphatic carbocycles. The molecule has 136 valence electrons. The van der Waals surface area contributed by atoms with Crippen molar-refractivity contribution >= 4 is 17.3 Å². The van der Waals surface area contributed by atoms with Gasteiger partial charge in [-0.3, -0.25) is 14.9 Å². The number of likely N-dealkylation sites (tertiary alicyclic amines) is 1. The predicted molar refractivity (Wildman–Crippen MR) is 95.1 cm³/mol. The van der Waals surface area contributed by atoms with Crippen LogP contribution in [0.4, 0.5) is 11.4 Å². The first-order chi connectivity index (χ1) is 12.1. The summed E-state index contributed by atoms with van der Waals surface area (Å²) in [6, 6.07) is 5.49. The number of piperidine rings is 2. The summed E-state index contributed by atoms with van der Waals surface area (Å²) in [5.74, 6) is 0.576. The minimum atomic E-state index is -0.361. The first-order valence-electron chi connectivity index (χ1n) is 9.06. The molecular weight excluding hydrogens is 322 g/mol. The Balaban J connectivity index is 1.73. The molecule has 2 saturated heterocycles. The molecule has 1 aromatic carbocycles. The highest BCUT2D eigenvalue weighted by Gasteiger charge is 2.32. The van der Waals surface area contributed by atoms with Crippen LogP contribution in [0.5, 0.6) is 5.75 Å². The van der Waals surface area contributed by atoms with Crippen molar-refractivity contribution in [3.8, 4) is 5.75 Å². The van der Waals surface area contributed by atoms with Gasteiger partial charge in [0.1, 0.15) is 5.69 Å². The third-order valence-corrected chi connectivity index (χ3v) is 5.07. The molecule has 1 aromatic rings. The Morgan fingerprint density at radius 1 is 1.24 bits per heavy atom. The summed E-state index contributed by atoms with van der Waals surface area (Å²) in [5, 5.41) is 11.6. The molecule has 2 fully saturated rings. The van der Waals surface area contributed by atoms with Crippen molar-refractivity contribution < 1.29 is 14.5 Å². The molecule has 2 aliphatic rings. The van der Waals surface area contributed by atoms with Crippen LogP contribution in [-0.2, 0) is 4.79 Å². The van der Waals surface area contributed by atoms with Gasteiger partial charge in [-0.05, 0) is 44.7 Å². The van der Waals surface area contributed by atoms with Crippen molar-refractivity contribution in [2.24, 2.45) is 0 Å². The number of hydrogen-bond donors (Lipinski definition) is 0. The second-order valence-electron chi connectivity index (χ2n) is 6.58. The summed E-state index contributed by atoms with van der Waals surface area (Å²) in [7, 11) is 0. The lowest BCUT2D eigenvalue weighted by molar-refractivity contribution is -0.385. The minimum absolute atomic E-state index is 0.0387. The van der Waals surface area contributed by atoms with Crippen molar-refractivity contribution in [2.45, 2.75) is 45.1 Å². The predicted octanol–water partition coefficient (Wildman–Crippen LogP) is 2.97. The molecular formula is C18H25N3O4. The number of ether oxygens (including phenoxy) is 1. The number of anilines is 1. The van der Waals surface area contributed by atoms with Crippen molar-refractivity contribution in [3.05, 3.63) is 28.3 Å². The summed E-state index contributed by atoms with van der Waals surface area (Å²) in [5.41, 5.74) is 0.649. The topological polar surface area (TPSA) is 75.9 Å². The number of rotatable bonds is 5. The van der Waals surface area contributed by atoms with E-state index in [0.29, 0.717) is 37.6 Å². The Hall–Kier alpha value is -2.31.